The van der Waals surface area contributed by atoms with Crippen LogP contribution in [0.15, 0.2) is 157 Å². The van der Waals surface area contributed by atoms with Crippen molar-refractivity contribution in [2.45, 2.75) is 47.0 Å². The summed E-state index contributed by atoms with van der Waals surface area (Å²) < 4.78 is 0.0844. The van der Waals surface area contributed by atoms with Crippen molar-refractivity contribution < 1.29 is 15.6 Å². The van der Waals surface area contributed by atoms with Crippen molar-refractivity contribution >= 4 is 78.2 Å². The molecule has 8 aromatic carbocycles. The van der Waals surface area contributed by atoms with Crippen LogP contribution in [0, 0.1) is 0 Å². The first kappa shape index (κ1) is 36.3. The van der Waals surface area contributed by atoms with Gasteiger partial charge >= 0.3 is 342 Å². The Bertz CT molecular complexity index is 2690. The fourth-order valence-corrected chi connectivity index (χ4v) is 42.5. The molecule has 4 heteroatoms. The maximum absolute atomic E-state index is 8.88. The molecule has 56 heavy (non-hydrogen) atoms. The standard InChI is InChI=1S/2C25H19.C2H7Si.2ClH.Zr/c2*1-2-17-14-18-10-7-13-23(24(18)15-17)25-21-11-5-3-8-19(21)16-20-9-4-6-12-22(20)25;1-3-2;;;/h2*3-16H,2H2,1H3;3H,1-2H3;2*1H;/q;;;;;+2/p-2. The van der Waals surface area contributed by atoms with E-state index in [-0.39, 0.29) is 7.25 Å². The van der Waals surface area contributed by atoms with Gasteiger partial charge in [0.15, 0.2) is 0 Å². The van der Waals surface area contributed by atoms with Crippen LogP contribution in [0.3, 0.4) is 0 Å². The Morgan fingerprint density at radius 3 is 1.12 bits per heavy atom. The van der Waals surface area contributed by atoms with Crippen LogP contribution in [0.25, 0.3) is 77.5 Å². The molecule has 2 unspecified atom stereocenters. The number of hydrogen-bond donors (Lipinski definition) is 0. The molecule has 8 aromatic rings. The average Bonchev–Trinajstić information content (AvgIpc) is 3.82. The summed E-state index contributed by atoms with van der Waals surface area (Å²) >= 11 is -4.99. The van der Waals surface area contributed by atoms with Crippen LogP contribution < -0.4 is 0 Å². The SMILES string of the molecule is CCC1=Cc2c(-c3c4ccccc4cc4ccccc34)cccc2[CH]1[Zr]([Cl])([Cl])([CH]1C(CC)=Cc2c(-c3c4ccccc4cc4ccccc34)cccc21)[SiH](C)C. The van der Waals surface area contributed by atoms with Gasteiger partial charge < -0.3 is 0 Å². The summed E-state index contributed by atoms with van der Waals surface area (Å²) in [7, 11) is 17.8. The Labute approximate surface area is 339 Å². The fraction of sp³-hybridized carbons (Fsp3) is 0.154. The van der Waals surface area contributed by atoms with Gasteiger partial charge in [0, 0.05) is 0 Å². The van der Waals surface area contributed by atoms with Crippen LogP contribution in [0.4, 0.5) is 0 Å². The van der Waals surface area contributed by atoms with E-state index in [0.29, 0.717) is 0 Å². The Balaban J connectivity index is 1.21. The molecular weight excluding hydrogens is 815 g/mol. The molecule has 0 saturated heterocycles. The van der Waals surface area contributed by atoms with Crippen LogP contribution in [-0.2, 0) is 15.6 Å². The summed E-state index contributed by atoms with van der Waals surface area (Å²) in [6.07, 6.45) is 6.85. The summed E-state index contributed by atoms with van der Waals surface area (Å²) in [4.78, 5) is 0. The molecule has 2 aliphatic rings. The second-order valence-corrected chi connectivity index (χ2v) is 58.9. The van der Waals surface area contributed by atoms with Crippen molar-refractivity contribution in [3.63, 3.8) is 0 Å². The second-order valence-electron chi connectivity index (χ2n) is 16.4. The van der Waals surface area contributed by atoms with Crippen LogP contribution in [0.1, 0.15) is 56.2 Å². The van der Waals surface area contributed by atoms with E-state index in [9.17, 15) is 0 Å². The topological polar surface area (TPSA) is 0 Å². The molecule has 2 atom stereocenters. The predicted molar refractivity (Wildman–Crippen MR) is 246 cm³/mol. The number of benzene rings is 8. The minimum absolute atomic E-state index is 0.0422. The summed E-state index contributed by atoms with van der Waals surface area (Å²) in [5, 5.41) is 10.2. The third-order valence-corrected chi connectivity index (χ3v) is 65.3. The third kappa shape index (κ3) is 5.19. The molecule has 0 radical (unpaired) electrons. The number of halogens is 2. The Kier molecular flexibility index (Phi) is 8.77. The van der Waals surface area contributed by atoms with Gasteiger partial charge in [-0.2, -0.15) is 0 Å². The van der Waals surface area contributed by atoms with Crippen LogP contribution in [0.5, 0.6) is 0 Å². The Hall–Kier alpha value is -4.04. The molecule has 0 heterocycles. The molecule has 0 saturated carbocycles. The van der Waals surface area contributed by atoms with E-state index in [0.717, 1.165) is 12.8 Å². The molecule has 0 aromatic heterocycles. The monoisotopic (exact) mass is 857 g/mol. The molecule has 0 aliphatic heterocycles. The first-order chi connectivity index (χ1) is 27.2. The zero-order valence-corrected chi connectivity index (χ0v) is 37.5. The van der Waals surface area contributed by atoms with Crippen molar-refractivity contribution in [3.05, 3.63) is 179 Å². The van der Waals surface area contributed by atoms with Crippen molar-refractivity contribution in [2.24, 2.45) is 0 Å². The minimum atomic E-state index is -4.99. The van der Waals surface area contributed by atoms with Crippen molar-refractivity contribution in [2.75, 3.05) is 0 Å². The Morgan fingerprint density at radius 2 is 0.804 bits per heavy atom. The molecular formula is C52H45Cl2SiZr. The Morgan fingerprint density at radius 1 is 0.464 bits per heavy atom. The fourth-order valence-electron chi connectivity index (χ4n) is 10.7. The number of rotatable bonds is 7. The van der Waals surface area contributed by atoms with Gasteiger partial charge in [0.2, 0.25) is 0 Å². The van der Waals surface area contributed by atoms with E-state index >= 15 is 0 Å². The third-order valence-electron chi connectivity index (χ3n) is 13.4. The van der Waals surface area contributed by atoms with E-state index < -0.39 is 21.5 Å². The van der Waals surface area contributed by atoms with Crippen LogP contribution in [0.2, 0.25) is 13.1 Å². The first-order valence-electron chi connectivity index (χ1n) is 20.3. The van der Waals surface area contributed by atoms with E-state index in [1.807, 2.05) is 0 Å². The second kappa shape index (κ2) is 13.5. The van der Waals surface area contributed by atoms with Gasteiger partial charge in [0.05, 0.1) is 0 Å². The molecule has 0 fully saturated rings. The normalized spacial score (nSPS) is 17.3. The molecule has 2 aliphatic carbocycles. The summed E-state index contributed by atoms with van der Waals surface area (Å²) in [5.41, 5.74) is 13.3. The van der Waals surface area contributed by atoms with E-state index in [2.05, 4.69) is 185 Å². The zero-order chi connectivity index (χ0) is 38.4. The van der Waals surface area contributed by atoms with E-state index in [1.165, 1.54) is 98.7 Å². The van der Waals surface area contributed by atoms with Gasteiger partial charge in [0.25, 0.3) is 0 Å². The molecule has 0 nitrogen and oxygen atoms in total. The van der Waals surface area contributed by atoms with Gasteiger partial charge in [0.1, 0.15) is 0 Å². The quantitative estimate of drug-likeness (QED) is 0.111. The molecule has 10 rings (SSSR count). The van der Waals surface area contributed by atoms with Crippen LogP contribution in [-0.4, -0.2) is 5.92 Å². The summed E-state index contributed by atoms with van der Waals surface area (Å²) in [6, 6.07) is 54.0. The number of hydrogen-bond acceptors (Lipinski definition) is 0. The maximum atomic E-state index is 8.88. The van der Waals surface area contributed by atoms with E-state index in [1.54, 1.807) is 0 Å². The van der Waals surface area contributed by atoms with Gasteiger partial charge in [-0.15, -0.1) is 0 Å². The van der Waals surface area contributed by atoms with Gasteiger partial charge in [-0.3, -0.25) is 0 Å². The van der Waals surface area contributed by atoms with Crippen LogP contribution >= 0.6 is 17.0 Å². The number of allylic oxidation sites excluding steroid dienone is 2. The predicted octanol–water partition coefficient (Wildman–Crippen LogP) is 16.0. The van der Waals surface area contributed by atoms with Crippen molar-refractivity contribution in [1.82, 2.24) is 0 Å². The zero-order valence-electron chi connectivity index (χ0n) is 32.4. The van der Waals surface area contributed by atoms with Gasteiger partial charge in [-0.25, -0.2) is 0 Å². The molecule has 275 valence electrons. The summed E-state index contributed by atoms with van der Waals surface area (Å²) in [6.45, 7) is 9.55. The van der Waals surface area contributed by atoms with E-state index in [4.69, 9.17) is 17.0 Å². The van der Waals surface area contributed by atoms with Crippen molar-refractivity contribution in [1.29, 1.82) is 0 Å². The number of fused-ring (bicyclic) bond motifs is 6. The van der Waals surface area contributed by atoms with Gasteiger partial charge in [-0.05, 0) is 0 Å². The molecule has 0 N–H and O–H groups in total. The molecule has 0 spiro atoms. The summed E-state index contributed by atoms with van der Waals surface area (Å²) in [5.74, 6) is -1.73. The first-order valence-corrected chi connectivity index (χ1v) is 36.6. The molecule has 0 amide bonds. The van der Waals surface area contributed by atoms with Crippen molar-refractivity contribution in [3.8, 4) is 22.3 Å². The van der Waals surface area contributed by atoms with Gasteiger partial charge in [-0.1, -0.05) is 0 Å². The molecule has 0 bridgehead atoms. The average molecular weight is 860 g/mol.